The summed E-state index contributed by atoms with van der Waals surface area (Å²) in [6.45, 7) is 0. The van der Waals surface area contributed by atoms with Crippen molar-refractivity contribution < 1.29 is 19.3 Å². The van der Waals surface area contributed by atoms with Crippen molar-refractivity contribution in [2.75, 3.05) is 21.3 Å². The van der Waals surface area contributed by atoms with Crippen molar-refractivity contribution in [3.05, 3.63) is 66.0 Å². The van der Waals surface area contributed by atoms with Crippen molar-refractivity contribution in [3.63, 3.8) is 0 Å². The van der Waals surface area contributed by atoms with Gasteiger partial charge in [0, 0.05) is 29.6 Å². The third kappa shape index (κ3) is 3.39. The van der Waals surface area contributed by atoms with Gasteiger partial charge >= 0.3 is 0 Å². The minimum atomic E-state index is -0.363. The predicted octanol–water partition coefficient (Wildman–Crippen LogP) is 4.84. The Morgan fingerprint density at radius 3 is 2.41 bits per heavy atom. The van der Waals surface area contributed by atoms with Gasteiger partial charge in [-0.25, -0.2) is 0 Å². The lowest BCUT2D eigenvalue weighted by Crippen LogP contribution is -2.01. The minimum Gasteiger partial charge on any atom is -0.502 e. The molecule has 0 saturated heterocycles. The van der Waals surface area contributed by atoms with Crippen molar-refractivity contribution in [1.82, 2.24) is 9.97 Å². The van der Waals surface area contributed by atoms with Crippen molar-refractivity contribution in [3.8, 4) is 17.2 Å². The van der Waals surface area contributed by atoms with Gasteiger partial charge in [0.1, 0.15) is 6.10 Å². The number of aromatic nitrogens is 2. The van der Waals surface area contributed by atoms with E-state index in [4.69, 9.17) is 14.2 Å². The van der Waals surface area contributed by atoms with Gasteiger partial charge in [-0.2, -0.15) is 0 Å². The Labute approximate surface area is 168 Å². The van der Waals surface area contributed by atoms with Crippen LogP contribution in [0.15, 0.2) is 54.7 Å². The monoisotopic (exact) mass is 390 g/mol. The van der Waals surface area contributed by atoms with Gasteiger partial charge in [-0.3, -0.25) is 4.98 Å². The third-order valence-corrected chi connectivity index (χ3v) is 4.95. The highest BCUT2D eigenvalue weighted by atomic mass is 16.5. The molecular weight excluding hydrogens is 368 g/mol. The van der Waals surface area contributed by atoms with E-state index in [1.807, 2.05) is 36.4 Å². The van der Waals surface area contributed by atoms with E-state index in [1.165, 1.54) is 14.2 Å². The second kappa shape index (κ2) is 7.85. The Kier molecular flexibility index (Phi) is 5.10. The van der Waals surface area contributed by atoms with E-state index >= 15 is 0 Å². The van der Waals surface area contributed by atoms with Crippen LogP contribution in [0.3, 0.4) is 0 Å². The van der Waals surface area contributed by atoms with Crippen LogP contribution < -0.4 is 9.47 Å². The van der Waals surface area contributed by atoms with Crippen LogP contribution in [0.5, 0.6) is 17.2 Å². The number of benzene rings is 2. The molecule has 6 nitrogen and oxygen atoms in total. The second-order valence-corrected chi connectivity index (χ2v) is 6.58. The fourth-order valence-electron chi connectivity index (χ4n) is 3.50. The molecule has 0 radical (unpaired) electrons. The minimum absolute atomic E-state index is 0.0278. The first kappa shape index (κ1) is 18.8. The van der Waals surface area contributed by atoms with E-state index < -0.39 is 0 Å². The van der Waals surface area contributed by atoms with Gasteiger partial charge in [0.2, 0.25) is 5.75 Å². The number of fused-ring (bicyclic) bond motifs is 3. The number of nitrogens with one attached hydrogen (secondary N) is 1. The summed E-state index contributed by atoms with van der Waals surface area (Å²) in [5.41, 5.74) is 3.62. The number of rotatable bonds is 6. The number of hydrogen-bond acceptors (Lipinski definition) is 5. The number of phenols is 1. The zero-order valence-electron chi connectivity index (χ0n) is 16.5. The van der Waals surface area contributed by atoms with Crippen LogP contribution in [0, 0.1) is 0 Å². The van der Waals surface area contributed by atoms with Gasteiger partial charge in [-0.05, 0) is 35.9 Å². The highest BCUT2D eigenvalue weighted by Crippen LogP contribution is 2.38. The molecule has 0 amide bonds. The molecule has 2 heterocycles. The van der Waals surface area contributed by atoms with Gasteiger partial charge in [-0.1, -0.05) is 24.3 Å². The van der Waals surface area contributed by atoms with Crippen LogP contribution in [0.4, 0.5) is 0 Å². The number of para-hydroxylation sites is 1. The molecule has 2 N–H and O–H groups in total. The lowest BCUT2D eigenvalue weighted by Gasteiger charge is -2.12. The topological polar surface area (TPSA) is 76.6 Å². The smallest absolute Gasteiger partial charge is 0.200 e. The van der Waals surface area contributed by atoms with Gasteiger partial charge in [0.25, 0.3) is 0 Å². The summed E-state index contributed by atoms with van der Waals surface area (Å²) < 4.78 is 16.2. The van der Waals surface area contributed by atoms with Gasteiger partial charge in [0.15, 0.2) is 11.5 Å². The van der Waals surface area contributed by atoms with Gasteiger partial charge in [0.05, 0.1) is 25.4 Å². The highest BCUT2D eigenvalue weighted by Gasteiger charge is 2.16. The van der Waals surface area contributed by atoms with E-state index in [9.17, 15) is 5.11 Å². The van der Waals surface area contributed by atoms with Crippen molar-refractivity contribution in [2.24, 2.45) is 0 Å². The summed E-state index contributed by atoms with van der Waals surface area (Å²) in [5.74, 6) is 0.655. The van der Waals surface area contributed by atoms with E-state index in [0.29, 0.717) is 11.5 Å². The van der Waals surface area contributed by atoms with Crippen LogP contribution in [-0.2, 0) is 4.74 Å². The molecule has 4 rings (SSSR count). The summed E-state index contributed by atoms with van der Waals surface area (Å²) >= 11 is 0. The predicted molar refractivity (Wildman–Crippen MR) is 114 cm³/mol. The summed E-state index contributed by atoms with van der Waals surface area (Å²) in [6, 6.07) is 13.6. The molecule has 2 aromatic carbocycles. The number of nitrogens with zero attached hydrogens (tertiary/aromatic N) is 1. The Balaban J connectivity index is 1.75. The standard InChI is InChI=1S/C23H22N2O4/c1-27-18(9-8-14-12-19(28-2)23(26)20(13-14)29-3)22-21-16(10-11-24-22)15-6-4-5-7-17(15)25-21/h4-13,18,25-26H,1-3H3/b9-8+/t18-/m1/s1. The first-order valence-corrected chi connectivity index (χ1v) is 9.17. The van der Waals surface area contributed by atoms with Crippen molar-refractivity contribution in [1.29, 1.82) is 0 Å². The molecule has 0 bridgehead atoms. The van der Waals surface area contributed by atoms with Crippen LogP contribution in [0.25, 0.3) is 27.9 Å². The SMILES string of the molecule is COc1cc(/C=C/[C@@H](OC)c2nccc3c2[nH]c2ccccc23)cc(OC)c1O. The molecule has 2 aromatic heterocycles. The van der Waals surface area contributed by atoms with E-state index in [0.717, 1.165) is 33.1 Å². The lowest BCUT2D eigenvalue weighted by atomic mass is 10.1. The molecule has 6 heteroatoms. The number of aromatic amines is 1. The molecular formula is C23H22N2O4. The zero-order valence-corrected chi connectivity index (χ0v) is 16.5. The number of H-pyrrole nitrogens is 1. The first-order valence-electron chi connectivity index (χ1n) is 9.17. The van der Waals surface area contributed by atoms with Crippen molar-refractivity contribution in [2.45, 2.75) is 6.10 Å². The molecule has 29 heavy (non-hydrogen) atoms. The number of methoxy groups -OCH3 is 3. The Hall–Kier alpha value is -3.51. The number of phenolic OH excluding ortho intramolecular Hbond substituents is 1. The number of hydrogen-bond donors (Lipinski definition) is 2. The maximum absolute atomic E-state index is 10.1. The van der Waals surface area contributed by atoms with Crippen LogP contribution in [0.1, 0.15) is 17.4 Å². The fourth-order valence-corrected chi connectivity index (χ4v) is 3.50. The molecule has 148 valence electrons. The van der Waals surface area contributed by atoms with E-state index in [1.54, 1.807) is 25.4 Å². The second-order valence-electron chi connectivity index (χ2n) is 6.58. The molecule has 0 aliphatic rings. The van der Waals surface area contributed by atoms with Gasteiger partial charge < -0.3 is 24.3 Å². The third-order valence-electron chi connectivity index (χ3n) is 4.95. The zero-order chi connectivity index (χ0) is 20.4. The average molecular weight is 390 g/mol. The maximum Gasteiger partial charge on any atom is 0.200 e. The van der Waals surface area contributed by atoms with Gasteiger partial charge in [-0.15, -0.1) is 0 Å². The lowest BCUT2D eigenvalue weighted by molar-refractivity contribution is 0.141. The average Bonchev–Trinajstić information content (AvgIpc) is 3.14. The molecule has 0 spiro atoms. The normalized spacial score (nSPS) is 12.7. The number of aromatic hydroxyl groups is 1. The Morgan fingerprint density at radius 2 is 1.72 bits per heavy atom. The summed E-state index contributed by atoms with van der Waals surface area (Å²) in [4.78, 5) is 8.02. The number of pyridine rings is 1. The summed E-state index contributed by atoms with van der Waals surface area (Å²) in [7, 11) is 4.65. The van der Waals surface area contributed by atoms with E-state index in [2.05, 4.69) is 16.0 Å². The Morgan fingerprint density at radius 1 is 1.00 bits per heavy atom. The molecule has 0 saturated carbocycles. The molecule has 1 atom stereocenters. The fraction of sp³-hybridized carbons (Fsp3) is 0.174. The van der Waals surface area contributed by atoms with Crippen LogP contribution in [-0.4, -0.2) is 36.4 Å². The Bertz CT molecular complexity index is 1170. The molecule has 0 aliphatic heterocycles. The summed E-state index contributed by atoms with van der Waals surface area (Å²) in [5, 5.41) is 12.3. The molecule has 0 fully saturated rings. The van der Waals surface area contributed by atoms with Crippen molar-refractivity contribution >= 4 is 27.9 Å². The van der Waals surface area contributed by atoms with Crippen LogP contribution >= 0.6 is 0 Å². The summed E-state index contributed by atoms with van der Waals surface area (Å²) in [6.07, 6.45) is 5.24. The first-order chi connectivity index (χ1) is 14.2. The van der Waals surface area contributed by atoms with E-state index in [-0.39, 0.29) is 11.9 Å². The maximum atomic E-state index is 10.1. The quantitative estimate of drug-likeness (QED) is 0.493. The largest absolute Gasteiger partial charge is 0.502 e. The highest BCUT2D eigenvalue weighted by molar-refractivity contribution is 6.07. The molecule has 0 unspecified atom stereocenters. The molecule has 4 aromatic rings. The van der Waals surface area contributed by atoms with Crippen LogP contribution in [0.2, 0.25) is 0 Å². The number of ether oxygens (including phenoxy) is 3. The molecule has 0 aliphatic carbocycles.